The van der Waals surface area contributed by atoms with Gasteiger partial charge in [-0.25, -0.2) is 0 Å². The SMILES string of the molecule is O=C(N[C@@H]1CC[NH2+]C1)C(F)(F)F. The van der Waals surface area contributed by atoms with Crippen LogP contribution in [0.2, 0.25) is 0 Å². The van der Waals surface area contributed by atoms with E-state index in [2.05, 4.69) is 0 Å². The van der Waals surface area contributed by atoms with Gasteiger partial charge in [-0.05, 0) is 0 Å². The fraction of sp³-hybridized carbons (Fsp3) is 0.833. The van der Waals surface area contributed by atoms with E-state index in [-0.39, 0.29) is 6.04 Å². The van der Waals surface area contributed by atoms with E-state index in [0.29, 0.717) is 13.0 Å². The van der Waals surface area contributed by atoms with Crippen LogP contribution in [-0.4, -0.2) is 31.2 Å². The van der Waals surface area contributed by atoms with Crippen molar-refractivity contribution in [3.8, 4) is 0 Å². The molecule has 0 spiro atoms. The van der Waals surface area contributed by atoms with Gasteiger partial charge in [0.2, 0.25) is 0 Å². The van der Waals surface area contributed by atoms with Crippen molar-refractivity contribution in [2.24, 2.45) is 0 Å². The Morgan fingerprint density at radius 2 is 2.17 bits per heavy atom. The molecule has 1 aliphatic heterocycles. The summed E-state index contributed by atoms with van der Waals surface area (Å²) < 4.78 is 35.0. The molecule has 0 aromatic heterocycles. The number of carbonyl (C=O) groups excluding carboxylic acids is 1. The van der Waals surface area contributed by atoms with Crippen LogP contribution in [-0.2, 0) is 4.79 Å². The first-order chi connectivity index (χ1) is 5.50. The topological polar surface area (TPSA) is 45.7 Å². The van der Waals surface area contributed by atoms with Gasteiger partial charge in [0.05, 0.1) is 19.1 Å². The van der Waals surface area contributed by atoms with Crippen molar-refractivity contribution in [1.29, 1.82) is 0 Å². The zero-order valence-electron chi connectivity index (χ0n) is 6.32. The average Bonchev–Trinajstić information content (AvgIpc) is 2.37. The van der Waals surface area contributed by atoms with E-state index in [1.807, 2.05) is 10.6 Å². The molecule has 1 amide bonds. The first kappa shape index (κ1) is 9.31. The Balaban J connectivity index is 2.35. The van der Waals surface area contributed by atoms with E-state index >= 15 is 0 Å². The molecule has 6 heteroatoms. The number of alkyl halides is 3. The number of nitrogens with two attached hydrogens (primary N) is 1. The Morgan fingerprint density at radius 1 is 1.50 bits per heavy atom. The van der Waals surface area contributed by atoms with Gasteiger partial charge < -0.3 is 10.6 Å². The second-order valence-electron chi connectivity index (χ2n) is 2.77. The maximum Gasteiger partial charge on any atom is 0.471 e. The molecule has 0 bridgehead atoms. The minimum atomic E-state index is -4.75. The van der Waals surface area contributed by atoms with Gasteiger partial charge in [0.25, 0.3) is 0 Å². The zero-order chi connectivity index (χ0) is 9.19. The molecule has 1 atom stereocenters. The second kappa shape index (κ2) is 3.30. The molecule has 12 heavy (non-hydrogen) atoms. The van der Waals surface area contributed by atoms with Crippen LogP contribution >= 0.6 is 0 Å². The van der Waals surface area contributed by atoms with E-state index in [4.69, 9.17) is 0 Å². The molecule has 1 aliphatic rings. The van der Waals surface area contributed by atoms with Crippen LogP contribution in [0, 0.1) is 0 Å². The van der Waals surface area contributed by atoms with Gasteiger partial charge in [-0.15, -0.1) is 0 Å². The van der Waals surface area contributed by atoms with Gasteiger partial charge in [0.15, 0.2) is 0 Å². The molecule has 1 heterocycles. The number of nitrogens with one attached hydrogen (secondary N) is 1. The number of quaternary nitrogens is 1. The molecular weight excluding hydrogens is 173 g/mol. The summed E-state index contributed by atoms with van der Waals surface area (Å²) in [4.78, 5) is 10.4. The quantitative estimate of drug-likeness (QED) is 0.538. The lowest BCUT2D eigenvalue weighted by molar-refractivity contribution is -0.636. The molecule has 0 radical (unpaired) electrons. The summed E-state index contributed by atoms with van der Waals surface area (Å²) >= 11 is 0. The summed E-state index contributed by atoms with van der Waals surface area (Å²) in [5, 5.41) is 3.80. The summed E-state index contributed by atoms with van der Waals surface area (Å²) in [6, 6.07) is -0.320. The largest absolute Gasteiger partial charge is 0.471 e. The molecule has 1 fully saturated rings. The minimum Gasteiger partial charge on any atom is -0.344 e. The van der Waals surface area contributed by atoms with Crippen LogP contribution in [0.15, 0.2) is 0 Å². The van der Waals surface area contributed by atoms with Crippen molar-refractivity contribution in [3.05, 3.63) is 0 Å². The van der Waals surface area contributed by atoms with E-state index in [0.717, 1.165) is 6.54 Å². The van der Waals surface area contributed by atoms with Crippen LogP contribution in [0.3, 0.4) is 0 Å². The lowest BCUT2D eigenvalue weighted by Crippen LogP contribution is -2.82. The van der Waals surface area contributed by atoms with Gasteiger partial charge in [0, 0.05) is 6.42 Å². The standard InChI is InChI=1S/C6H9F3N2O/c7-6(8,9)5(12)11-4-1-2-10-3-4/h4,10H,1-3H2,(H,11,12)/p+1/t4-/m1/s1. The minimum absolute atomic E-state index is 0.320. The van der Waals surface area contributed by atoms with E-state index in [9.17, 15) is 18.0 Å². The lowest BCUT2D eigenvalue weighted by Gasteiger charge is -2.10. The molecule has 0 unspecified atom stereocenters. The van der Waals surface area contributed by atoms with Crippen molar-refractivity contribution < 1.29 is 23.3 Å². The Morgan fingerprint density at radius 3 is 2.58 bits per heavy atom. The van der Waals surface area contributed by atoms with Gasteiger partial charge in [-0.2, -0.15) is 13.2 Å². The number of halogens is 3. The highest BCUT2D eigenvalue weighted by Crippen LogP contribution is 2.14. The highest BCUT2D eigenvalue weighted by Gasteiger charge is 2.40. The third-order valence-electron chi connectivity index (χ3n) is 1.76. The summed E-state index contributed by atoms with van der Waals surface area (Å²) in [5.41, 5.74) is 0. The number of hydrogen-bond donors (Lipinski definition) is 2. The van der Waals surface area contributed by atoms with E-state index in [1.54, 1.807) is 0 Å². The fourth-order valence-electron chi connectivity index (χ4n) is 1.15. The molecule has 0 aliphatic carbocycles. The maximum atomic E-state index is 11.7. The summed E-state index contributed by atoms with van der Waals surface area (Å²) in [7, 11) is 0. The fourth-order valence-corrected chi connectivity index (χ4v) is 1.15. The Bertz CT molecular complexity index is 174. The van der Waals surface area contributed by atoms with Crippen LogP contribution in [0.1, 0.15) is 6.42 Å². The first-order valence-corrected chi connectivity index (χ1v) is 3.69. The van der Waals surface area contributed by atoms with Crippen molar-refractivity contribution in [3.63, 3.8) is 0 Å². The number of rotatable bonds is 1. The van der Waals surface area contributed by atoms with E-state index in [1.165, 1.54) is 0 Å². The Hall–Kier alpha value is -0.780. The summed E-state index contributed by atoms with van der Waals surface area (Å²) in [6.45, 7) is 1.32. The van der Waals surface area contributed by atoms with Crippen LogP contribution < -0.4 is 10.6 Å². The molecule has 0 aromatic rings. The summed E-state index contributed by atoms with van der Waals surface area (Å²) in [5.74, 6) is -1.83. The predicted molar refractivity (Wildman–Crippen MR) is 34.3 cm³/mol. The van der Waals surface area contributed by atoms with Gasteiger partial charge in [-0.3, -0.25) is 4.79 Å². The Labute approximate surface area is 67.3 Å². The molecule has 3 N–H and O–H groups in total. The highest BCUT2D eigenvalue weighted by molar-refractivity contribution is 5.81. The Kier molecular flexibility index (Phi) is 2.56. The van der Waals surface area contributed by atoms with Gasteiger partial charge in [0.1, 0.15) is 0 Å². The molecule has 1 saturated heterocycles. The zero-order valence-corrected chi connectivity index (χ0v) is 6.32. The number of hydrogen-bond acceptors (Lipinski definition) is 1. The first-order valence-electron chi connectivity index (χ1n) is 3.69. The van der Waals surface area contributed by atoms with Crippen LogP contribution in [0.4, 0.5) is 13.2 Å². The molecule has 0 saturated carbocycles. The molecule has 0 aromatic carbocycles. The van der Waals surface area contributed by atoms with Crippen molar-refractivity contribution in [2.45, 2.75) is 18.6 Å². The normalized spacial score (nSPS) is 24.1. The summed E-state index contributed by atoms with van der Waals surface area (Å²) in [6.07, 6.45) is -4.13. The second-order valence-corrected chi connectivity index (χ2v) is 2.77. The van der Waals surface area contributed by atoms with E-state index < -0.39 is 12.1 Å². The number of carbonyl (C=O) groups is 1. The average molecular weight is 183 g/mol. The van der Waals surface area contributed by atoms with Crippen molar-refractivity contribution >= 4 is 5.91 Å². The maximum absolute atomic E-state index is 11.7. The van der Waals surface area contributed by atoms with Crippen molar-refractivity contribution in [2.75, 3.05) is 13.1 Å². The van der Waals surface area contributed by atoms with Gasteiger partial charge >= 0.3 is 12.1 Å². The van der Waals surface area contributed by atoms with Gasteiger partial charge in [-0.1, -0.05) is 0 Å². The highest BCUT2D eigenvalue weighted by atomic mass is 19.4. The third-order valence-corrected chi connectivity index (χ3v) is 1.76. The van der Waals surface area contributed by atoms with Crippen LogP contribution in [0.5, 0.6) is 0 Å². The van der Waals surface area contributed by atoms with Crippen LogP contribution in [0.25, 0.3) is 0 Å². The van der Waals surface area contributed by atoms with Crippen molar-refractivity contribution in [1.82, 2.24) is 5.32 Å². The lowest BCUT2D eigenvalue weighted by atomic mass is 10.2. The smallest absolute Gasteiger partial charge is 0.344 e. The molecule has 1 rings (SSSR count). The predicted octanol–water partition coefficient (Wildman–Crippen LogP) is -0.999. The molecule has 70 valence electrons. The third kappa shape index (κ3) is 2.37. The molecular formula is C6H10F3N2O+. The number of amides is 1. The molecule has 3 nitrogen and oxygen atoms in total. The monoisotopic (exact) mass is 183 g/mol.